The van der Waals surface area contributed by atoms with Gasteiger partial charge in [0.05, 0.1) is 5.52 Å². The Bertz CT molecular complexity index is 520. The summed E-state index contributed by atoms with van der Waals surface area (Å²) < 4.78 is 6.84. The van der Waals surface area contributed by atoms with Crippen LogP contribution in [0.2, 0.25) is 0 Å². The van der Waals surface area contributed by atoms with Crippen LogP contribution < -0.4 is 0 Å². The van der Waals surface area contributed by atoms with Gasteiger partial charge < -0.3 is 4.74 Å². The maximum atomic E-state index is 11.9. The Morgan fingerprint density at radius 3 is 2.56 bits per heavy atom. The minimum Gasteiger partial charge on any atom is -0.443 e. The van der Waals surface area contributed by atoms with Gasteiger partial charge in [-0.25, -0.2) is 4.79 Å². The van der Waals surface area contributed by atoms with E-state index < -0.39 is 5.60 Å². The van der Waals surface area contributed by atoms with Crippen molar-refractivity contribution in [3.05, 3.63) is 36.5 Å². The van der Waals surface area contributed by atoms with Gasteiger partial charge in [-0.2, -0.15) is 0 Å². The van der Waals surface area contributed by atoms with Gasteiger partial charge in [0.1, 0.15) is 5.60 Å². The lowest BCUT2D eigenvalue weighted by Gasteiger charge is -2.19. The fourth-order valence-electron chi connectivity index (χ4n) is 1.55. The first-order valence-corrected chi connectivity index (χ1v) is 5.27. The van der Waals surface area contributed by atoms with E-state index in [0.717, 1.165) is 10.9 Å². The highest BCUT2D eigenvalue weighted by molar-refractivity contribution is 5.89. The standard InChI is InChI=1S/C13H15NO2/c1-13(2,3)16-12(15)14-9-8-10-6-4-5-7-11(10)14/h4-9H,1-3H3. The summed E-state index contributed by atoms with van der Waals surface area (Å²) in [6.45, 7) is 5.57. The summed E-state index contributed by atoms with van der Waals surface area (Å²) in [4.78, 5) is 11.9. The topological polar surface area (TPSA) is 31.2 Å². The van der Waals surface area contributed by atoms with Crippen LogP contribution in [0.15, 0.2) is 36.5 Å². The first-order chi connectivity index (χ1) is 7.47. The Morgan fingerprint density at radius 1 is 1.19 bits per heavy atom. The molecule has 0 radical (unpaired) electrons. The van der Waals surface area contributed by atoms with Gasteiger partial charge in [-0.05, 0) is 32.9 Å². The molecule has 0 spiro atoms. The molecule has 1 aromatic carbocycles. The van der Waals surface area contributed by atoms with Crippen molar-refractivity contribution in [3.63, 3.8) is 0 Å². The van der Waals surface area contributed by atoms with Crippen LogP contribution in [0.25, 0.3) is 10.9 Å². The molecule has 0 saturated carbocycles. The summed E-state index contributed by atoms with van der Waals surface area (Å²) >= 11 is 0. The molecule has 0 bridgehead atoms. The van der Waals surface area contributed by atoms with Crippen LogP contribution in [0.3, 0.4) is 0 Å². The van der Waals surface area contributed by atoms with Gasteiger partial charge in [0.2, 0.25) is 0 Å². The van der Waals surface area contributed by atoms with Crippen molar-refractivity contribution >= 4 is 17.0 Å². The smallest absolute Gasteiger partial charge is 0.418 e. The average molecular weight is 217 g/mol. The first-order valence-electron chi connectivity index (χ1n) is 5.27. The van der Waals surface area contributed by atoms with E-state index in [2.05, 4.69) is 0 Å². The number of nitrogens with zero attached hydrogens (tertiary/aromatic N) is 1. The Morgan fingerprint density at radius 2 is 1.88 bits per heavy atom. The van der Waals surface area contributed by atoms with Crippen LogP contribution in [-0.4, -0.2) is 16.3 Å². The van der Waals surface area contributed by atoms with Crippen LogP contribution >= 0.6 is 0 Å². The Balaban J connectivity index is 2.37. The summed E-state index contributed by atoms with van der Waals surface area (Å²) in [5.74, 6) is 0. The molecule has 3 nitrogen and oxygen atoms in total. The molecular formula is C13H15NO2. The van der Waals surface area contributed by atoms with Gasteiger partial charge >= 0.3 is 6.09 Å². The predicted molar refractivity (Wildman–Crippen MR) is 63.6 cm³/mol. The highest BCUT2D eigenvalue weighted by atomic mass is 16.6. The number of aromatic nitrogens is 1. The zero-order valence-corrected chi connectivity index (χ0v) is 9.73. The van der Waals surface area contributed by atoms with E-state index in [1.54, 1.807) is 6.20 Å². The van der Waals surface area contributed by atoms with Gasteiger partial charge in [0.25, 0.3) is 0 Å². The molecule has 0 unspecified atom stereocenters. The molecule has 0 aliphatic heterocycles. The summed E-state index contributed by atoms with van der Waals surface area (Å²) in [7, 11) is 0. The lowest BCUT2D eigenvalue weighted by atomic mass is 10.2. The van der Waals surface area contributed by atoms with Crippen LogP contribution in [-0.2, 0) is 4.74 Å². The van der Waals surface area contributed by atoms with Crippen LogP contribution in [0.5, 0.6) is 0 Å². The Hall–Kier alpha value is -1.77. The van der Waals surface area contributed by atoms with Crippen molar-refractivity contribution in [3.8, 4) is 0 Å². The molecule has 0 aliphatic carbocycles. The second-order valence-electron chi connectivity index (χ2n) is 4.72. The number of carbonyl (C=O) groups excluding carboxylic acids is 1. The highest BCUT2D eigenvalue weighted by Crippen LogP contribution is 2.17. The number of rotatable bonds is 0. The normalized spacial score (nSPS) is 11.7. The van der Waals surface area contributed by atoms with Crippen molar-refractivity contribution in [1.82, 2.24) is 4.57 Å². The van der Waals surface area contributed by atoms with E-state index in [9.17, 15) is 4.79 Å². The van der Waals surface area contributed by atoms with Crippen LogP contribution in [0.1, 0.15) is 20.8 Å². The molecule has 1 heterocycles. The number of fused-ring (bicyclic) bond motifs is 1. The number of benzene rings is 1. The van der Waals surface area contributed by atoms with Gasteiger partial charge in [-0.15, -0.1) is 0 Å². The van der Waals surface area contributed by atoms with Crippen molar-refractivity contribution < 1.29 is 9.53 Å². The van der Waals surface area contributed by atoms with E-state index in [1.165, 1.54) is 4.57 Å². The molecule has 0 atom stereocenters. The second-order valence-corrected chi connectivity index (χ2v) is 4.72. The summed E-state index contributed by atoms with van der Waals surface area (Å²) in [5.41, 5.74) is 0.402. The number of hydrogen-bond donors (Lipinski definition) is 0. The summed E-state index contributed by atoms with van der Waals surface area (Å²) in [6, 6.07) is 9.62. The molecule has 3 heteroatoms. The molecule has 0 saturated heterocycles. The average Bonchev–Trinajstić information content (AvgIpc) is 2.58. The molecule has 0 N–H and O–H groups in total. The highest BCUT2D eigenvalue weighted by Gasteiger charge is 2.18. The minimum absolute atomic E-state index is 0.339. The molecule has 0 aliphatic rings. The fourth-order valence-corrected chi connectivity index (χ4v) is 1.55. The van der Waals surface area contributed by atoms with Crippen LogP contribution in [0, 0.1) is 0 Å². The SMILES string of the molecule is CC(C)(C)OC(=O)n1ccc2ccccc21. The Kier molecular flexibility index (Phi) is 2.46. The molecule has 1 aromatic heterocycles. The maximum absolute atomic E-state index is 11.9. The van der Waals surface area contributed by atoms with Gasteiger partial charge in [0, 0.05) is 11.6 Å². The van der Waals surface area contributed by atoms with E-state index in [4.69, 9.17) is 4.74 Å². The van der Waals surface area contributed by atoms with E-state index in [0.29, 0.717) is 0 Å². The number of ether oxygens (including phenoxy) is 1. The molecule has 2 aromatic rings. The molecular weight excluding hydrogens is 202 g/mol. The zero-order chi connectivity index (χ0) is 11.8. The van der Waals surface area contributed by atoms with Crippen molar-refractivity contribution in [1.29, 1.82) is 0 Å². The van der Waals surface area contributed by atoms with E-state index in [-0.39, 0.29) is 6.09 Å². The third-order valence-corrected chi connectivity index (χ3v) is 2.19. The molecule has 84 valence electrons. The van der Waals surface area contributed by atoms with Crippen molar-refractivity contribution in [2.75, 3.05) is 0 Å². The minimum atomic E-state index is -0.470. The Labute approximate surface area is 94.6 Å². The third-order valence-electron chi connectivity index (χ3n) is 2.19. The molecule has 0 amide bonds. The number of carbonyl (C=O) groups is 1. The van der Waals surface area contributed by atoms with Gasteiger partial charge in [-0.1, -0.05) is 18.2 Å². The molecule has 16 heavy (non-hydrogen) atoms. The molecule has 2 rings (SSSR count). The van der Waals surface area contributed by atoms with E-state index >= 15 is 0 Å². The van der Waals surface area contributed by atoms with E-state index in [1.807, 2.05) is 51.1 Å². The quantitative estimate of drug-likeness (QED) is 0.677. The zero-order valence-electron chi connectivity index (χ0n) is 9.73. The van der Waals surface area contributed by atoms with Crippen molar-refractivity contribution in [2.24, 2.45) is 0 Å². The predicted octanol–water partition coefficient (Wildman–Crippen LogP) is 3.42. The lowest BCUT2D eigenvalue weighted by Crippen LogP contribution is -2.26. The van der Waals surface area contributed by atoms with Crippen molar-refractivity contribution in [2.45, 2.75) is 26.4 Å². The monoisotopic (exact) mass is 217 g/mol. The van der Waals surface area contributed by atoms with Gasteiger partial charge in [0.15, 0.2) is 0 Å². The first kappa shape index (κ1) is 10.7. The second kappa shape index (κ2) is 3.67. The van der Waals surface area contributed by atoms with Crippen LogP contribution in [0.4, 0.5) is 4.79 Å². The third kappa shape index (κ3) is 2.08. The number of hydrogen-bond acceptors (Lipinski definition) is 2. The largest absolute Gasteiger partial charge is 0.443 e. The maximum Gasteiger partial charge on any atom is 0.418 e. The van der Waals surface area contributed by atoms with Gasteiger partial charge in [-0.3, -0.25) is 4.57 Å². The summed E-state index contributed by atoms with van der Waals surface area (Å²) in [5, 5.41) is 1.04. The molecule has 0 fully saturated rings. The fraction of sp³-hybridized carbons (Fsp3) is 0.308. The lowest BCUT2D eigenvalue weighted by molar-refractivity contribution is 0.0544. The summed E-state index contributed by atoms with van der Waals surface area (Å²) in [6.07, 6.45) is 1.40. The number of para-hydroxylation sites is 1.